The van der Waals surface area contributed by atoms with Gasteiger partial charge in [-0.1, -0.05) is 43.2 Å². The highest BCUT2D eigenvalue weighted by Crippen LogP contribution is 2.12. The number of nitrogens with one attached hydrogen (secondary N) is 1. The van der Waals surface area contributed by atoms with Gasteiger partial charge in [0.25, 0.3) is 0 Å². The van der Waals surface area contributed by atoms with Crippen molar-refractivity contribution in [3.05, 3.63) is 35.4 Å². The predicted octanol–water partition coefficient (Wildman–Crippen LogP) is 2.30. The van der Waals surface area contributed by atoms with Crippen LogP contribution in [0.4, 0.5) is 0 Å². The van der Waals surface area contributed by atoms with Crippen LogP contribution in [0.15, 0.2) is 24.3 Å². The quantitative estimate of drug-likeness (QED) is 0.821. The number of nitrogens with two attached hydrogens (primary N) is 1. The molecule has 3 heteroatoms. The third-order valence-electron chi connectivity index (χ3n) is 2.83. The van der Waals surface area contributed by atoms with Gasteiger partial charge in [-0.15, -0.1) is 0 Å². The van der Waals surface area contributed by atoms with Gasteiger partial charge in [0.05, 0.1) is 0 Å². The summed E-state index contributed by atoms with van der Waals surface area (Å²) >= 11 is 0. The average molecular weight is 234 g/mol. The molecule has 0 bridgehead atoms. The molecule has 2 atom stereocenters. The Hall–Kier alpha value is -1.35. The number of carbonyl (C=O) groups is 1. The standard InChI is InChI=1S/C14H22N2O/c1-4-5-11(3)16-14(17)13(15)12-8-6-10(2)7-9-12/h6-9,11,13H,4-5,15H2,1-3H3,(H,16,17). The van der Waals surface area contributed by atoms with Crippen molar-refractivity contribution < 1.29 is 4.79 Å². The normalized spacial score (nSPS) is 14.1. The molecule has 17 heavy (non-hydrogen) atoms. The van der Waals surface area contributed by atoms with Gasteiger partial charge in [0.1, 0.15) is 6.04 Å². The molecule has 94 valence electrons. The Morgan fingerprint density at radius 3 is 2.47 bits per heavy atom. The second kappa shape index (κ2) is 6.40. The van der Waals surface area contributed by atoms with E-state index in [1.165, 1.54) is 5.56 Å². The number of benzene rings is 1. The van der Waals surface area contributed by atoms with E-state index in [9.17, 15) is 4.79 Å². The highest BCUT2D eigenvalue weighted by Gasteiger charge is 2.16. The van der Waals surface area contributed by atoms with Crippen LogP contribution < -0.4 is 11.1 Å². The van der Waals surface area contributed by atoms with Gasteiger partial charge in [0.2, 0.25) is 5.91 Å². The van der Waals surface area contributed by atoms with Crippen molar-refractivity contribution in [3.63, 3.8) is 0 Å². The van der Waals surface area contributed by atoms with Gasteiger partial charge >= 0.3 is 0 Å². The maximum absolute atomic E-state index is 11.9. The van der Waals surface area contributed by atoms with Crippen molar-refractivity contribution in [2.24, 2.45) is 5.73 Å². The summed E-state index contributed by atoms with van der Waals surface area (Å²) < 4.78 is 0. The van der Waals surface area contributed by atoms with Crippen molar-refractivity contribution >= 4 is 5.91 Å². The molecular weight excluding hydrogens is 212 g/mol. The van der Waals surface area contributed by atoms with E-state index in [-0.39, 0.29) is 11.9 Å². The van der Waals surface area contributed by atoms with Crippen LogP contribution in [0.25, 0.3) is 0 Å². The minimum absolute atomic E-state index is 0.102. The number of hydrogen-bond donors (Lipinski definition) is 2. The van der Waals surface area contributed by atoms with Gasteiger partial charge in [-0.2, -0.15) is 0 Å². The van der Waals surface area contributed by atoms with Gasteiger partial charge < -0.3 is 11.1 Å². The Morgan fingerprint density at radius 2 is 1.94 bits per heavy atom. The van der Waals surface area contributed by atoms with Crippen LogP contribution in [0.1, 0.15) is 43.9 Å². The molecule has 3 nitrogen and oxygen atoms in total. The third-order valence-corrected chi connectivity index (χ3v) is 2.83. The second-order valence-corrected chi connectivity index (χ2v) is 4.59. The highest BCUT2D eigenvalue weighted by atomic mass is 16.2. The monoisotopic (exact) mass is 234 g/mol. The summed E-state index contributed by atoms with van der Waals surface area (Å²) in [7, 11) is 0. The first-order valence-electron chi connectivity index (χ1n) is 6.17. The van der Waals surface area contributed by atoms with E-state index in [2.05, 4.69) is 12.2 Å². The van der Waals surface area contributed by atoms with Gasteiger partial charge in [-0.3, -0.25) is 4.79 Å². The largest absolute Gasteiger partial charge is 0.352 e. The Morgan fingerprint density at radius 1 is 1.35 bits per heavy atom. The number of amides is 1. The number of carbonyl (C=O) groups excluding carboxylic acids is 1. The molecule has 0 aromatic heterocycles. The van der Waals surface area contributed by atoms with E-state index in [0.717, 1.165) is 18.4 Å². The van der Waals surface area contributed by atoms with E-state index in [1.807, 2.05) is 38.1 Å². The summed E-state index contributed by atoms with van der Waals surface area (Å²) in [6.07, 6.45) is 2.04. The fourth-order valence-electron chi connectivity index (χ4n) is 1.76. The molecule has 0 radical (unpaired) electrons. The summed E-state index contributed by atoms with van der Waals surface area (Å²) in [5.41, 5.74) is 7.95. The first-order valence-corrected chi connectivity index (χ1v) is 6.17. The zero-order valence-corrected chi connectivity index (χ0v) is 10.9. The van der Waals surface area contributed by atoms with Crippen molar-refractivity contribution in [2.45, 2.75) is 45.7 Å². The number of rotatable bonds is 5. The van der Waals surface area contributed by atoms with E-state index in [1.54, 1.807) is 0 Å². The molecule has 0 aliphatic heterocycles. The minimum Gasteiger partial charge on any atom is -0.352 e. The van der Waals surface area contributed by atoms with Crippen LogP contribution in [-0.4, -0.2) is 11.9 Å². The fourth-order valence-corrected chi connectivity index (χ4v) is 1.76. The molecule has 0 saturated heterocycles. The fraction of sp³-hybridized carbons (Fsp3) is 0.500. The van der Waals surface area contributed by atoms with Crippen LogP contribution in [0, 0.1) is 6.92 Å². The van der Waals surface area contributed by atoms with Crippen LogP contribution >= 0.6 is 0 Å². The molecule has 0 aliphatic rings. The maximum Gasteiger partial charge on any atom is 0.241 e. The summed E-state index contributed by atoms with van der Waals surface area (Å²) in [4.78, 5) is 11.9. The predicted molar refractivity (Wildman–Crippen MR) is 70.6 cm³/mol. The van der Waals surface area contributed by atoms with Crippen LogP contribution in [0.3, 0.4) is 0 Å². The molecule has 1 amide bonds. The molecular formula is C14H22N2O. The Balaban J connectivity index is 2.60. The molecule has 0 heterocycles. The van der Waals surface area contributed by atoms with E-state index >= 15 is 0 Å². The summed E-state index contributed by atoms with van der Waals surface area (Å²) in [5.74, 6) is -0.102. The van der Waals surface area contributed by atoms with E-state index in [0.29, 0.717) is 0 Å². The summed E-state index contributed by atoms with van der Waals surface area (Å²) in [6.45, 7) is 6.12. The number of hydrogen-bond acceptors (Lipinski definition) is 2. The van der Waals surface area contributed by atoms with Gasteiger partial charge in [0, 0.05) is 6.04 Å². The molecule has 1 aromatic carbocycles. The Bertz CT molecular complexity index is 359. The van der Waals surface area contributed by atoms with Crippen LogP contribution in [-0.2, 0) is 4.79 Å². The molecule has 0 saturated carbocycles. The van der Waals surface area contributed by atoms with E-state index in [4.69, 9.17) is 5.73 Å². The van der Waals surface area contributed by atoms with Crippen molar-refractivity contribution in [3.8, 4) is 0 Å². The molecule has 3 N–H and O–H groups in total. The lowest BCUT2D eigenvalue weighted by Gasteiger charge is -2.17. The lowest BCUT2D eigenvalue weighted by molar-refractivity contribution is -0.123. The van der Waals surface area contributed by atoms with Gasteiger partial charge in [-0.25, -0.2) is 0 Å². The molecule has 0 spiro atoms. The molecule has 2 unspecified atom stereocenters. The van der Waals surface area contributed by atoms with Crippen molar-refractivity contribution in [1.29, 1.82) is 0 Å². The van der Waals surface area contributed by atoms with Crippen LogP contribution in [0.5, 0.6) is 0 Å². The molecule has 0 fully saturated rings. The zero-order valence-electron chi connectivity index (χ0n) is 10.9. The third kappa shape index (κ3) is 4.19. The zero-order chi connectivity index (χ0) is 12.8. The lowest BCUT2D eigenvalue weighted by atomic mass is 10.0. The Labute approximate surface area is 103 Å². The Kier molecular flexibility index (Phi) is 5.16. The smallest absolute Gasteiger partial charge is 0.241 e. The maximum atomic E-state index is 11.9. The second-order valence-electron chi connectivity index (χ2n) is 4.59. The van der Waals surface area contributed by atoms with Crippen molar-refractivity contribution in [1.82, 2.24) is 5.32 Å². The summed E-state index contributed by atoms with van der Waals surface area (Å²) in [5, 5.41) is 2.93. The van der Waals surface area contributed by atoms with Gasteiger partial charge in [0.15, 0.2) is 0 Å². The molecule has 0 aliphatic carbocycles. The number of aryl methyl sites for hydroxylation is 1. The first kappa shape index (κ1) is 13.7. The molecule has 1 rings (SSSR count). The topological polar surface area (TPSA) is 55.1 Å². The molecule has 1 aromatic rings. The van der Waals surface area contributed by atoms with Crippen LogP contribution in [0.2, 0.25) is 0 Å². The minimum atomic E-state index is -0.574. The average Bonchev–Trinajstić information content (AvgIpc) is 2.29. The van der Waals surface area contributed by atoms with E-state index < -0.39 is 6.04 Å². The highest BCUT2D eigenvalue weighted by molar-refractivity contribution is 5.83. The first-order chi connectivity index (χ1) is 8.04. The SMILES string of the molecule is CCCC(C)NC(=O)C(N)c1ccc(C)cc1. The van der Waals surface area contributed by atoms with Gasteiger partial charge in [-0.05, 0) is 25.8 Å². The summed E-state index contributed by atoms with van der Waals surface area (Å²) in [6, 6.07) is 7.36. The van der Waals surface area contributed by atoms with Crippen molar-refractivity contribution in [2.75, 3.05) is 0 Å². The lowest BCUT2D eigenvalue weighted by Crippen LogP contribution is -2.39.